The van der Waals surface area contributed by atoms with Crippen LogP contribution in [0.25, 0.3) is 0 Å². The smallest absolute Gasteiger partial charge is 0.410 e. The van der Waals surface area contributed by atoms with Crippen LogP contribution in [-0.4, -0.2) is 40.1 Å². The Morgan fingerprint density at radius 2 is 2.25 bits per heavy atom. The van der Waals surface area contributed by atoms with Gasteiger partial charge in [-0.1, -0.05) is 5.16 Å². The van der Waals surface area contributed by atoms with Crippen LogP contribution >= 0.6 is 0 Å². The molecule has 1 heterocycles. The van der Waals surface area contributed by atoms with Crippen molar-refractivity contribution in [1.82, 2.24) is 4.90 Å². The van der Waals surface area contributed by atoms with Crippen LogP contribution in [0.4, 0.5) is 4.79 Å². The van der Waals surface area contributed by atoms with Gasteiger partial charge in [-0.15, -0.1) is 0 Å². The summed E-state index contributed by atoms with van der Waals surface area (Å²) in [5, 5.41) is 12.1. The number of hydrogen-bond acceptors (Lipinski definition) is 4. The highest BCUT2D eigenvalue weighted by Gasteiger charge is 2.46. The van der Waals surface area contributed by atoms with Crippen LogP contribution in [0.5, 0.6) is 0 Å². The highest BCUT2D eigenvalue weighted by molar-refractivity contribution is 5.95. The molecule has 2 aliphatic rings. The zero-order valence-electron chi connectivity index (χ0n) is 9.93. The minimum atomic E-state index is -0.477. The SMILES string of the molecule is CC(C)(C)OC(=O)N1CC2C/C(=N\O)C1C2. The third-order valence-corrected chi connectivity index (χ3v) is 3.03. The second-order valence-electron chi connectivity index (χ2n) is 5.55. The Hall–Kier alpha value is -1.26. The maximum Gasteiger partial charge on any atom is 0.410 e. The molecule has 5 nitrogen and oxygen atoms in total. The van der Waals surface area contributed by atoms with Crippen molar-refractivity contribution in [2.45, 2.75) is 45.3 Å². The number of amides is 1. The van der Waals surface area contributed by atoms with Gasteiger partial charge in [0.2, 0.25) is 0 Å². The first-order chi connectivity index (χ1) is 7.40. The fourth-order valence-corrected chi connectivity index (χ4v) is 2.45. The molecule has 2 atom stereocenters. The van der Waals surface area contributed by atoms with Gasteiger partial charge in [0, 0.05) is 6.54 Å². The van der Waals surface area contributed by atoms with E-state index in [0.717, 1.165) is 19.4 Å². The predicted octanol–water partition coefficient (Wildman–Crippen LogP) is 1.85. The molecule has 0 spiro atoms. The monoisotopic (exact) mass is 226 g/mol. The van der Waals surface area contributed by atoms with Crippen molar-refractivity contribution in [2.75, 3.05) is 6.54 Å². The molecule has 2 unspecified atom stereocenters. The van der Waals surface area contributed by atoms with Crippen LogP contribution in [0, 0.1) is 5.92 Å². The molecule has 1 aliphatic heterocycles. The molecule has 0 aromatic carbocycles. The summed E-state index contributed by atoms with van der Waals surface area (Å²) in [5.41, 5.74) is 0.234. The van der Waals surface area contributed by atoms with Gasteiger partial charge in [0.15, 0.2) is 0 Å². The van der Waals surface area contributed by atoms with Crippen LogP contribution in [0.3, 0.4) is 0 Å². The van der Waals surface area contributed by atoms with E-state index in [2.05, 4.69) is 5.16 Å². The third kappa shape index (κ3) is 1.99. The number of nitrogens with zero attached hydrogens (tertiary/aromatic N) is 2. The van der Waals surface area contributed by atoms with Crippen molar-refractivity contribution < 1.29 is 14.7 Å². The minimum Gasteiger partial charge on any atom is -0.444 e. The average molecular weight is 226 g/mol. The van der Waals surface area contributed by atoms with Crippen molar-refractivity contribution in [3.05, 3.63) is 0 Å². The van der Waals surface area contributed by atoms with Crippen molar-refractivity contribution in [3.8, 4) is 0 Å². The van der Waals surface area contributed by atoms with E-state index >= 15 is 0 Å². The molecule has 1 amide bonds. The van der Waals surface area contributed by atoms with Gasteiger partial charge in [0.1, 0.15) is 5.60 Å². The molecular formula is C11H18N2O3. The molecule has 2 fully saturated rings. The molecule has 90 valence electrons. The lowest BCUT2D eigenvalue weighted by Gasteiger charge is -2.30. The molecular weight excluding hydrogens is 208 g/mol. The molecule has 2 rings (SSSR count). The molecule has 1 aliphatic carbocycles. The lowest BCUT2D eigenvalue weighted by molar-refractivity contribution is 0.0248. The van der Waals surface area contributed by atoms with Gasteiger partial charge < -0.3 is 9.94 Å². The van der Waals surface area contributed by atoms with Gasteiger partial charge in [-0.3, -0.25) is 4.90 Å². The first kappa shape index (κ1) is 11.2. The van der Waals surface area contributed by atoms with Crippen LogP contribution in [0.2, 0.25) is 0 Å². The Balaban J connectivity index is 2.04. The maximum atomic E-state index is 11.9. The summed E-state index contributed by atoms with van der Waals surface area (Å²) in [7, 11) is 0. The van der Waals surface area contributed by atoms with Gasteiger partial charge in [-0.25, -0.2) is 4.79 Å². The number of carbonyl (C=O) groups excluding carboxylic acids is 1. The zero-order chi connectivity index (χ0) is 11.9. The van der Waals surface area contributed by atoms with E-state index in [1.165, 1.54) is 0 Å². The van der Waals surface area contributed by atoms with E-state index in [1.807, 2.05) is 20.8 Å². The third-order valence-electron chi connectivity index (χ3n) is 3.03. The molecule has 0 radical (unpaired) electrons. The van der Waals surface area contributed by atoms with Gasteiger partial charge in [-0.05, 0) is 39.5 Å². The van der Waals surface area contributed by atoms with Gasteiger partial charge in [-0.2, -0.15) is 0 Å². The lowest BCUT2D eigenvalue weighted by atomic mass is 10.1. The van der Waals surface area contributed by atoms with Crippen molar-refractivity contribution in [1.29, 1.82) is 0 Å². The van der Waals surface area contributed by atoms with E-state index in [9.17, 15) is 4.79 Å². The van der Waals surface area contributed by atoms with E-state index < -0.39 is 5.60 Å². The summed E-state index contributed by atoms with van der Waals surface area (Å²) in [6.07, 6.45) is 1.40. The Bertz CT molecular complexity index is 333. The molecule has 1 saturated heterocycles. The number of piperidine rings is 1. The Labute approximate surface area is 95.1 Å². The standard InChI is InChI=1S/C11H18N2O3/c1-11(2,3)16-10(14)13-6-7-4-8(12-15)9(13)5-7/h7,9,15H,4-6H2,1-3H3/b12-8+. The number of fused-ring (bicyclic) bond motifs is 2. The van der Waals surface area contributed by atoms with Crippen LogP contribution in [0.15, 0.2) is 5.16 Å². The zero-order valence-corrected chi connectivity index (χ0v) is 9.93. The largest absolute Gasteiger partial charge is 0.444 e. The molecule has 0 aromatic rings. The molecule has 1 N–H and O–H groups in total. The highest BCUT2D eigenvalue weighted by atomic mass is 16.6. The molecule has 5 heteroatoms. The van der Waals surface area contributed by atoms with Crippen molar-refractivity contribution >= 4 is 11.8 Å². The summed E-state index contributed by atoms with van der Waals surface area (Å²) < 4.78 is 5.32. The van der Waals surface area contributed by atoms with E-state index in [0.29, 0.717) is 11.6 Å². The Morgan fingerprint density at radius 1 is 1.56 bits per heavy atom. The van der Waals surface area contributed by atoms with Gasteiger partial charge >= 0.3 is 6.09 Å². The molecule has 1 saturated carbocycles. The van der Waals surface area contributed by atoms with Crippen LogP contribution in [0.1, 0.15) is 33.6 Å². The second kappa shape index (κ2) is 3.64. The summed E-state index contributed by atoms with van der Waals surface area (Å²) in [5.74, 6) is 0.434. The van der Waals surface area contributed by atoms with Crippen LogP contribution < -0.4 is 0 Å². The normalized spacial score (nSPS) is 31.2. The topological polar surface area (TPSA) is 62.1 Å². The number of hydrogen-bond donors (Lipinski definition) is 1. The summed E-state index contributed by atoms with van der Waals surface area (Å²) >= 11 is 0. The summed E-state index contributed by atoms with van der Waals surface area (Å²) in [6.45, 7) is 6.26. The molecule has 0 aromatic heterocycles. The second-order valence-corrected chi connectivity index (χ2v) is 5.55. The quantitative estimate of drug-likeness (QED) is 0.506. The fraction of sp³-hybridized carbons (Fsp3) is 0.818. The lowest BCUT2D eigenvalue weighted by Crippen LogP contribution is -2.45. The fourth-order valence-electron chi connectivity index (χ4n) is 2.45. The van der Waals surface area contributed by atoms with E-state index in [4.69, 9.17) is 9.94 Å². The minimum absolute atomic E-state index is 0.0511. The number of rotatable bonds is 0. The predicted molar refractivity (Wildman–Crippen MR) is 58.7 cm³/mol. The highest BCUT2D eigenvalue weighted by Crippen LogP contribution is 2.36. The number of carbonyl (C=O) groups is 1. The number of likely N-dealkylation sites (tertiary alicyclic amines) is 1. The number of ether oxygens (including phenoxy) is 1. The molecule has 16 heavy (non-hydrogen) atoms. The Morgan fingerprint density at radius 3 is 2.75 bits per heavy atom. The molecule has 2 bridgehead atoms. The average Bonchev–Trinajstić information content (AvgIpc) is 2.72. The maximum absolute atomic E-state index is 11.9. The van der Waals surface area contributed by atoms with Gasteiger partial charge in [0.25, 0.3) is 0 Å². The van der Waals surface area contributed by atoms with Gasteiger partial charge in [0.05, 0.1) is 11.8 Å². The van der Waals surface area contributed by atoms with Crippen molar-refractivity contribution in [2.24, 2.45) is 11.1 Å². The Kier molecular flexibility index (Phi) is 2.56. The number of oxime groups is 1. The summed E-state index contributed by atoms with van der Waals surface area (Å²) in [4.78, 5) is 13.6. The first-order valence-corrected chi connectivity index (χ1v) is 5.61. The van der Waals surface area contributed by atoms with E-state index in [1.54, 1.807) is 4.90 Å². The first-order valence-electron chi connectivity index (χ1n) is 5.61. The van der Waals surface area contributed by atoms with Crippen molar-refractivity contribution in [3.63, 3.8) is 0 Å². The van der Waals surface area contributed by atoms with Crippen LogP contribution in [-0.2, 0) is 4.74 Å². The summed E-state index contributed by atoms with van der Waals surface area (Å²) in [6, 6.07) is -0.0511. The van der Waals surface area contributed by atoms with E-state index in [-0.39, 0.29) is 12.1 Å².